The summed E-state index contributed by atoms with van der Waals surface area (Å²) in [6, 6.07) is 0. The smallest absolute Gasteiger partial charge is 0.225 e. The van der Waals surface area contributed by atoms with E-state index in [9.17, 15) is 0 Å². The van der Waals surface area contributed by atoms with Gasteiger partial charge in [0.25, 0.3) is 0 Å². The normalized spacial score (nSPS) is 11.1. The number of rotatable bonds is 8. The average molecular weight is 265 g/mol. The second kappa shape index (κ2) is 8.07. The predicted octanol–water partition coefficient (Wildman–Crippen LogP) is 1.28. The predicted molar refractivity (Wildman–Crippen MR) is 80.6 cm³/mol. The van der Waals surface area contributed by atoms with Crippen LogP contribution in [0.4, 0.5) is 5.95 Å². The van der Waals surface area contributed by atoms with Crippen molar-refractivity contribution in [2.24, 2.45) is 0 Å². The Kier molecular flexibility index (Phi) is 6.73. The third-order valence-electron chi connectivity index (χ3n) is 3.03. The molecule has 5 nitrogen and oxygen atoms in total. The van der Waals surface area contributed by atoms with Crippen molar-refractivity contribution in [2.45, 2.75) is 26.8 Å². The zero-order chi connectivity index (χ0) is 14.3. The first kappa shape index (κ1) is 15.9. The average Bonchev–Trinajstić information content (AvgIpc) is 2.38. The van der Waals surface area contributed by atoms with Gasteiger partial charge in [-0.25, -0.2) is 9.97 Å². The van der Waals surface area contributed by atoms with E-state index < -0.39 is 0 Å². The Bertz CT molecular complexity index is 378. The lowest BCUT2D eigenvalue weighted by atomic mass is 10.2. The van der Waals surface area contributed by atoms with Crippen molar-refractivity contribution in [1.29, 1.82) is 0 Å². The van der Waals surface area contributed by atoms with E-state index in [2.05, 4.69) is 46.1 Å². The van der Waals surface area contributed by atoms with Crippen molar-refractivity contribution in [3.63, 3.8) is 0 Å². The van der Waals surface area contributed by atoms with Gasteiger partial charge in [0.05, 0.1) is 0 Å². The zero-order valence-electron chi connectivity index (χ0n) is 12.9. The molecule has 0 fully saturated rings. The Morgan fingerprint density at radius 1 is 1.21 bits per heavy atom. The van der Waals surface area contributed by atoms with E-state index in [1.807, 2.05) is 20.2 Å². The van der Waals surface area contributed by atoms with Crippen LogP contribution in [-0.4, -0.2) is 55.6 Å². The Labute approximate surface area is 117 Å². The van der Waals surface area contributed by atoms with E-state index >= 15 is 0 Å². The van der Waals surface area contributed by atoms with Crippen LogP contribution in [0.3, 0.4) is 0 Å². The summed E-state index contributed by atoms with van der Waals surface area (Å²) in [6.45, 7) is 8.02. The quantitative estimate of drug-likeness (QED) is 0.717. The first-order chi connectivity index (χ1) is 9.04. The van der Waals surface area contributed by atoms with Crippen LogP contribution in [0.1, 0.15) is 24.6 Å². The summed E-state index contributed by atoms with van der Waals surface area (Å²) in [5, 5.41) is 3.38. The lowest BCUT2D eigenvalue weighted by Gasteiger charge is -2.20. The molecular formula is C14H27N5. The standard InChI is InChI=1S/C14H27N5/c1-6-7-15-10-13-11-16-14(17-12(13)2)19(5)9-8-18(3)4/h11,15H,6-10H2,1-5H3. The second-order valence-electron chi connectivity index (χ2n) is 5.18. The molecule has 19 heavy (non-hydrogen) atoms. The molecular weight excluding hydrogens is 238 g/mol. The number of aryl methyl sites for hydroxylation is 1. The maximum absolute atomic E-state index is 4.59. The van der Waals surface area contributed by atoms with E-state index in [0.717, 1.165) is 44.2 Å². The van der Waals surface area contributed by atoms with E-state index in [1.54, 1.807) is 0 Å². The van der Waals surface area contributed by atoms with Crippen LogP contribution in [-0.2, 0) is 6.54 Å². The number of hydrogen-bond donors (Lipinski definition) is 1. The molecule has 5 heteroatoms. The van der Waals surface area contributed by atoms with Gasteiger partial charge >= 0.3 is 0 Å². The Morgan fingerprint density at radius 2 is 1.95 bits per heavy atom. The number of hydrogen-bond acceptors (Lipinski definition) is 5. The summed E-state index contributed by atoms with van der Waals surface area (Å²) < 4.78 is 0. The van der Waals surface area contributed by atoms with E-state index in [1.165, 1.54) is 5.56 Å². The molecule has 0 unspecified atom stereocenters. The van der Waals surface area contributed by atoms with Gasteiger partial charge in [0.15, 0.2) is 0 Å². The van der Waals surface area contributed by atoms with Crippen LogP contribution in [0, 0.1) is 6.92 Å². The maximum atomic E-state index is 4.59. The summed E-state index contributed by atoms with van der Waals surface area (Å²) in [7, 11) is 6.18. The van der Waals surface area contributed by atoms with Crippen molar-refractivity contribution in [2.75, 3.05) is 45.7 Å². The fourth-order valence-electron chi connectivity index (χ4n) is 1.69. The number of anilines is 1. The molecule has 0 aliphatic carbocycles. The fraction of sp³-hybridized carbons (Fsp3) is 0.714. The third-order valence-corrected chi connectivity index (χ3v) is 3.03. The molecule has 1 aromatic rings. The number of nitrogens with one attached hydrogen (secondary N) is 1. The van der Waals surface area contributed by atoms with Crippen LogP contribution in [0.25, 0.3) is 0 Å². The summed E-state index contributed by atoms with van der Waals surface area (Å²) >= 11 is 0. The third kappa shape index (κ3) is 5.53. The first-order valence-corrected chi connectivity index (χ1v) is 6.93. The topological polar surface area (TPSA) is 44.3 Å². The summed E-state index contributed by atoms with van der Waals surface area (Å²) in [6.07, 6.45) is 3.08. The molecule has 0 bridgehead atoms. The largest absolute Gasteiger partial charge is 0.343 e. The van der Waals surface area contributed by atoms with Crippen molar-refractivity contribution in [3.05, 3.63) is 17.5 Å². The molecule has 0 aliphatic rings. The number of nitrogens with zero attached hydrogens (tertiary/aromatic N) is 4. The Balaban J connectivity index is 2.59. The molecule has 1 rings (SSSR count). The van der Waals surface area contributed by atoms with Crippen LogP contribution in [0.5, 0.6) is 0 Å². The van der Waals surface area contributed by atoms with E-state index in [0.29, 0.717) is 0 Å². The van der Waals surface area contributed by atoms with Gasteiger partial charge in [-0.05, 0) is 34.0 Å². The van der Waals surface area contributed by atoms with Crippen LogP contribution >= 0.6 is 0 Å². The van der Waals surface area contributed by atoms with Crippen molar-refractivity contribution in [1.82, 2.24) is 20.2 Å². The van der Waals surface area contributed by atoms with Gasteiger partial charge in [0.1, 0.15) is 0 Å². The molecule has 0 amide bonds. The van der Waals surface area contributed by atoms with Gasteiger partial charge in [-0.3, -0.25) is 0 Å². The SMILES string of the molecule is CCCNCc1cnc(N(C)CCN(C)C)nc1C. The zero-order valence-corrected chi connectivity index (χ0v) is 12.9. The van der Waals surface area contributed by atoms with Crippen molar-refractivity contribution in [3.8, 4) is 0 Å². The number of likely N-dealkylation sites (N-methyl/N-ethyl adjacent to an activating group) is 2. The molecule has 0 saturated heterocycles. The Morgan fingerprint density at radius 3 is 2.53 bits per heavy atom. The first-order valence-electron chi connectivity index (χ1n) is 6.93. The van der Waals surface area contributed by atoms with Gasteiger partial charge < -0.3 is 15.1 Å². The minimum atomic E-state index is 0.804. The van der Waals surface area contributed by atoms with Crippen molar-refractivity contribution >= 4 is 5.95 Å². The van der Waals surface area contributed by atoms with Gasteiger partial charge in [-0.1, -0.05) is 6.92 Å². The molecule has 0 radical (unpaired) electrons. The minimum absolute atomic E-state index is 0.804. The second-order valence-corrected chi connectivity index (χ2v) is 5.18. The minimum Gasteiger partial charge on any atom is -0.343 e. The van der Waals surface area contributed by atoms with Crippen LogP contribution in [0.2, 0.25) is 0 Å². The van der Waals surface area contributed by atoms with Gasteiger partial charge in [0.2, 0.25) is 5.95 Å². The van der Waals surface area contributed by atoms with E-state index in [4.69, 9.17) is 0 Å². The lowest BCUT2D eigenvalue weighted by molar-refractivity contribution is 0.415. The molecule has 0 aromatic carbocycles. The summed E-state index contributed by atoms with van der Waals surface area (Å²) in [4.78, 5) is 13.3. The van der Waals surface area contributed by atoms with Gasteiger partial charge in [-0.2, -0.15) is 0 Å². The van der Waals surface area contributed by atoms with Gasteiger partial charge in [0, 0.05) is 44.1 Å². The van der Waals surface area contributed by atoms with Crippen LogP contribution < -0.4 is 10.2 Å². The molecule has 1 N–H and O–H groups in total. The molecule has 0 saturated carbocycles. The monoisotopic (exact) mass is 265 g/mol. The fourth-order valence-corrected chi connectivity index (χ4v) is 1.69. The highest BCUT2D eigenvalue weighted by Crippen LogP contribution is 2.09. The Hall–Kier alpha value is -1.20. The molecule has 1 aromatic heterocycles. The van der Waals surface area contributed by atoms with Crippen LogP contribution in [0.15, 0.2) is 6.20 Å². The highest BCUT2D eigenvalue weighted by atomic mass is 15.2. The van der Waals surface area contributed by atoms with Gasteiger partial charge in [-0.15, -0.1) is 0 Å². The molecule has 0 spiro atoms. The molecule has 108 valence electrons. The maximum Gasteiger partial charge on any atom is 0.225 e. The highest BCUT2D eigenvalue weighted by Gasteiger charge is 2.07. The molecule has 0 atom stereocenters. The van der Waals surface area contributed by atoms with E-state index in [-0.39, 0.29) is 0 Å². The molecule has 0 aliphatic heterocycles. The van der Waals surface area contributed by atoms with Crippen molar-refractivity contribution < 1.29 is 0 Å². The lowest BCUT2D eigenvalue weighted by Crippen LogP contribution is -2.30. The highest BCUT2D eigenvalue weighted by molar-refractivity contribution is 5.31. The molecule has 1 heterocycles. The number of aromatic nitrogens is 2. The summed E-state index contributed by atoms with van der Waals surface area (Å²) in [5.41, 5.74) is 2.24. The summed E-state index contributed by atoms with van der Waals surface area (Å²) in [5.74, 6) is 0.804.